The summed E-state index contributed by atoms with van der Waals surface area (Å²) in [6.45, 7) is 4.92. The first kappa shape index (κ1) is 29.9. The number of carbonyl (C=O) groups is 5. The highest BCUT2D eigenvalue weighted by molar-refractivity contribution is 6.38. The Bertz CT molecular complexity index is 842. The maximum absolute atomic E-state index is 13.7. The summed E-state index contributed by atoms with van der Waals surface area (Å²) in [5.74, 6) is -2.08. The molecule has 3 N–H and O–H groups in total. The molecule has 0 unspecified atom stereocenters. The van der Waals surface area contributed by atoms with Crippen LogP contribution in [0.4, 0.5) is 4.79 Å². The fourth-order valence-electron chi connectivity index (χ4n) is 5.88. The van der Waals surface area contributed by atoms with E-state index in [-0.39, 0.29) is 24.0 Å². The van der Waals surface area contributed by atoms with Crippen molar-refractivity contribution >= 4 is 29.6 Å². The first-order chi connectivity index (χ1) is 18.3. The number of hydrogen-bond acceptors (Lipinski definition) is 6. The Morgan fingerprint density at radius 1 is 0.921 bits per heavy atom. The second kappa shape index (κ2) is 14.5. The Morgan fingerprint density at radius 3 is 2.18 bits per heavy atom. The molecule has 3 fully saturated rings. The summed E-state index contributed by atoms with van der Waals surface area (Å²) in [6, 6.07) is -1.23. The van der Waals surface area contributed by atoms with Crippen LogP contribution in [0.25, 0.3) is 0 Å². The van der Waals surface area contributed by atoms with Crippen LogP contribution in [0, 0.1) is 5.92 Å². The molecule has 38 heavy (non-hydrogen) atoms. The van der Waals surface area contributed by atoms with Gasteiger partial charge in [0.1, 0.15) is 5.54 Å². The minimum absolute atomic E-state index is 0.0194. The van der Waals surface area contributed by atoms with Crippen molar-refractivity contribution in [3.8, 4) is 0 Å². The summed E-state index contributed by atoms with van der Waals surface area (Å²) in [4.78, 5) is 66.5. The van der Waals surface area contributed by atoms with E-state index in [2.05, 4.69) is 16.0 Å². The second-order valence-corrected chi connectivity index (χ2v) is 11.1. The summed E-state index contributed by atoms with van der Waals surface area (Å²) in [5, 5.41) is 8.72. The molecule has 10 nitrogen and oxygen atoms in total. The summed E-state index contributed by atoms with van der Waals surface area (Å²) in [7, 11) is 0. The summed E-state index contributed by atoms with van der Waals surface area (Å²) < 4.78 is 5.12. The molecule has 1 aliphatic heterocycles. The van der Waals surface area contributed by atoms with Crippen molar-refractivity contribution in [1.82, 2.24) is 20.9 Å². The fraction of sp³-hybridized carbons (Fsp3) is 0.821. The number of carbonyl (C=O) groups excluding carboxylic acids is 5. The van der Waals surface area contributed by atoms with Crippen LogP contribution in [0.5, 0.6) is 0 Å². The maximum Gasteiger partial charge on any atom is 0.318 e. The van der Waals surface area contributed by atoms with E-state index in [0.717, 1.165) is 51.4 Å². The van der Waals surface area contributed by atoms with Gasteiger partial charge in [-0.3, -0.25) is 19.2 Å². The third-order valence-corrected chi connectivity index (χ3v) is 8.27. The summed E-state index contributed by atoms with van der Waals surface area (Å²) in [6.07, 6.45) is 10.3. The monoisotopic (exact) mass is 534 g/mol. The minimum Gasteiger partial charge on any atom is -0.466 e. The zero-order valence-electron chi connectivity index (χ0n) is 23.1. The zero-order valence-corrected chi connectivity index (χ0v) is 23.1. The Hall–Kier alpha value is -2.65. The van der Waals surface area contributed by atoms with Gasteiger partial charge in [0.2, 0.25) is 11.7 Å². The molecular weight excluding hydrogens is 488 g/mol. The molecule has 3 aliphatic rings. The molecule has 0 aromatic rings. The Balaban J connectivity index is 1.65. The largest absolute Gasteiger partial charge is 0.466 e. The van der Waals surface area contributed by atoms with Crippen molar-refractivity contribution in [1.29, 1.82) is 0 Å². The number of esters is 1. The van der Waals surface area contributed by atoms with Gasteiger partial charge in [-0.1, -0.05) is 51.9 Å². The topological polar surface area (TPSA) is 134 Å². The Kier molecular flexibility index (Phi) is 11.4. The molecule has 1 heterocycles. The number of urea groups is 1. The van der Waals surface area contributed by atoms with E-state index in [1.807, 2.05) is 6.92 Å². The van der Waals surface area contributed by atoms with Gasteiger partial charge in [-0.05, 0) is 51.9 Å². The van der Waals surface area contributed by atoms with Crippen LogP contribution in [0.3, 0.4) is 0 Å². The van der Waals surface area contributed by atoms with E-state index in [1.54, 1.807) is 11.8 Å². The first-order valence-corrected chi connectivity index (χ1v) is 14.7. The quantitative estimate of drug-likeness (QED) is 0.276. The number of likely N-dealkylation sites (tertiary alicyclic amines) is 1. The zero-order chi connectivity index (χ0) is 27.5. The number of Topliss-reactive ketones (excluding diaryl/α,β-unsaturated/α-hetero) is 1. The van der Waals surface area contributed by atoms with Gasteiger partial charge >= 0.3 is 12.0 Å². The third-order valence-electron chi connectivity index (χ3n) is 8.27. The van der Waals surface area contributed by atoms with Gasteiger partial charge in [0.15, 0.2) is 0 Å². The SMILES string of the molecule is CCCC[C@H](NC(=O)C1(NC(=O)N2CCC(C(=O)OCC)CC2)CCCCC1)C(=O)C(=O)NC1CCCC1. The highest BCUT2D eigenvalue weighted by Gasteiger charge is 2.44. The lowest BCUT2D eigenvalue weighted by Crippen LogP contribution is -2.64. The average Bonchev–Trinajstić information content (AvgIpc) is 3.44. The van der Waals surface area contributed by atoms with E-state index in [1.165, 1.54) is 0 Å². The molecule has 10 heteroatoms. The number of ether oxygens (including phenoxy) is 1. The lowest BCUT2D eigenvalue weighted by molar-refractivity contribution is -0.149. The van der Waals surface area contributed by atoms with Crippen LogP contribution < -0.4 is 16.0 Å². The number of ketones is 1. The Morgan fingerprint density at radius 2 is 1.58 bits per heavy atom. The Labute approximate surface area is 226 Å². The van der Waals surface area contributed by atoms with Gasteiger partial charge in [-0.15, -0.1) is 0 Å². The van der Waals surface area contributed by atoms with Crippen molar-refractivity contribution in [3.05, 3.63) is 0 Å². The number of amides is 4. The molecule has 0 bridgehead atoms. The van der Waals surface area contributed by atoms with Gasteiger partial charge < -0.3 is 25.6 Å². The number of unbranched alkanes of at least 4 members (excludes halogenated alkanes) is 1. The average molecular weight is 535 g/mol. The number of rotatable bonds is 11. The predicted octanol–water partition coefficient (Wildman–Crippen LogP) is 2.98. The molecule has 0 spiro atoms. The van der Waals surface area contributed by atoms with Crippen LogP contribution in [-0.2, 0) is 23.9 Å². The van der Waals surface area contributed by atoms with Gasteiger partial charge in [0.25, 0.3) is 5.91 Å². The number of hydrogen-bond donors (Lipinski definition) is 3. The van der Waals surface area contributed by atoms with Crippen molar-refractivity contribution in [2.45, 2.75) is 121 Å². The molecule has 2 aliphatic carbocycles. The van der Waals surface area contributed by atoms with Crippen molar-refractivity contribution < 1.29 is 28.7 Å². The van der Waals surface area contributed by atoms with Crippen LogP contribution in [0.15, 0.2) is 0 Å². The smallest absolute Gasteiger partial charge is 0.318 e. The minimum atomic E-state index is -1.13. The maximum atomic E-state index is 13.7. The standard InChI is InChI=1S/C28H46N4O6/c1-3-5-13-22(23(33)24(34)29-21-11-7-8-12-21)30-26(36)28(16-9-6-10-17-28)31-27(37)32-18-14-20(15-19-32)25(35)38-4-2/h20-22H,3-19H2,1-2H3,(H,29,34)(H,30,36)(H,31,37)/t22-/m0/s1. The molecule has 1 atom stereocenters. The first-order valence-electron chi connectivity index (χ1n) is 14.7. The molecule has 4 amide bonds. The van der Waals surface area contributed by atoms with Gasteiger partial charge in [-0.2, -0.15) is 0 Å². The second-order valence-electron chi connectivity index (χ2n) is 11.1. The highest BCUT2D eigenvalue weighted by Crippen LogP contribution is 2.30. The van der Waals surface area contributed by atoms with Gasteiger partial charge in [0, 0.05) is 19.1 Å². The van der Waals surface area contributed by atoms with E-state index in [0.29, 0.717) is 58.2 Å². The predicted molar refractivity (Wildman–Crippen MR) is 142 cm³/mol. The molecule has 0 radical (unpaired) electrons. The van der Waals surface area contributed by atoms with Crippen LogP contribution >= 0.6 is 0 Å². The van der Waals surface area contributed by atoms with Gasteiger partial charge in [-0.25, -0.2) is 4.79 Å². The van der Waals surface area contributed by atoms with Crippen molar-refractivity contribution in [2.24, 2.45) is 5.92 Å². The van der Waals surface area contributed by atoms with Gasteiger partial charge in [0.05, 0.1) is 18.6 Å². The number of piperidine rings is 1. The van der Waals surface area contributed by atoms with Crippen LogP contribution in [0.2, 0.25) is 0 Å². The molecule has 2 saturated carbocycles. The lowest BCUT2D eigenvalue weighted by atomic mass is 9.80. The van der Waals surface area contributed by atoms with E-state index in [9.17, 15) is 24.0 Å². The molecule has 1 saturated heterocycles. The molecule has 214 valence electrons. The van der Waals surface area contributed by atoms with E-state index >= 15 is 0 Å². The summed E-state index contributed by atoms with van der Waals surface area (Å²) >= 11 is 0. The summed E-state index contributed by atoms with van der Waals surface area (Å²) in [5.41, 5.74) is -1.13. The fourth-order valence-corrected chi connectivity index (χ4v) is 5.88. The molecule has 0 aromatic carbocycles. The molecule has 3 rings (SSSR count). The van der Waals surface area contributed by atoms with Crippen LogP contribution in [0.1, 0.15) is 104 Å². The van der Waals surface area contributed by atoms with Crippen molar-refractivity contribution in [3.63, 3.8) is 0 Å². The molecule has 0 aromatic heterocycles. The molecular formula is C28H46N4O6. The number of nitrogens with one attached hydrogen (secondary N) is 3. The van der Waals surface area contributed by atoms with Crippen LogP contribution in [-0.4, -0.2) is 71.8 Å². The normalized spacial score (nSPS) is 20.8. The highest BCUT2D eigenvalue weighted by atomic mass is 16.5. The number of nitrogens with zero attached hydrogens (tertiary/aromatic N) is 1. The van der Waals surface area contributed by atoms with Crippen molar-refractivity contribution in [2.75, 3.05) is 19.7 Å². The van der Waals surface area contributed by atoms with E-state index in [4.69, 9.17) is 4.74 Å². The van der Waals surface area contributed by atoms with E-state index < -0.39 is 29.2 Å². The lowest BCUT2D eigenvalue weighted by Gasteiger charge is -2.40. The third kappa shape index (κ3) is 7.93.